The lowest BCUT2D eigenvalue weighted by Crippen LogP contribution is -2.31. The number of alkyl halides is 3. The molecule has 1 rings (SSSR count). The molecule has 0 bridgehead atoms. The van der Waals surface area contributed by atoms with Gasteiger partial charge in [-0.15, -0.1) is 0 Å². The van der Waals surface area contributed by atoms with E-state index in [1.807, 2.05) is 0 Å². The summed E-state index contributed by atoms with van der Waals surface area (Å²) < 4.78 is 36.4. The van der Waals surface area contributed by atoms with Crippen LogP contribution in [0.15, 0.2) is 24.3 Å². The minimum atomic E-state index is -4.30. The van der Waals surface area contributed by atoms with Crippen LogP contribution in [0.1, 0.15) is 22.3 Å². The van der Waals surface area contributed by atoms with Crippen LogP contribution in [-0.2, 0) is 0 Å². The van der Waals surface area contributed by atoms with Crippen molar-refractivity contribution in [2.24, 2.45) is 0 Å². The quantitative estimate of drug-likeness (QED) is 0.864. The van der Waals surface area contributed by atoms with Crippen molar-refractivity contribution in [1.29, 1.82) is 0 Å². The highest BCUT2D eigenvalue weighted by molar-refractivity contribution is 5.96. The van der Waals surface area contributed by atoms with E-state index in [9.17, 15) is 18.0 Å². The zero-order chi connectivity index (χ0) is 15.2. The molecule has 0 atom stereocenters. The minimum Gasteiger partial charge on any atom is -0.384 e. The van der Waals surface area contributed by atoms with E-state index in [-0.39, 0.29) is 12.2 Å². The molecule has 3 nitrogen and oxygen atoms in total. The summed E-state index contributed by atoms with van der Waals surface area (Å²) in [5, 5.41) is 8.65. The molecule has 6 heteroatoms. The van der Waals surface area contributed by atoms with Crippen LogP contribution in [0.4, 0.5) is 13.2 Å². The first-order chi connectivity index (χ1) is 9.35. The summed E-state index contributed by atoms with van der Waals surface area (Å²) in [5.74, 6) is 4.48. The average molecular weight is 285 g/mol. The number of halogens is 3. The first-order valence-corrected chi connectivity index (χ1v) is 5.86. The number of aliphatic hydroxyl groups is 1. The maximum Gasteiger partial charge on any atom is 0.390 e. The predicted octanol–water partition coefficient (Wildman–Crippen LogP) is 2.05. The molecule has 0 fully saturated rings. The van der Waals surface area contributed by atoms with E-state index in [2.05, 4.69) is 11.8 Å². The number of carbonyl (C=O) groups excluding carboxylic acids is 1. The monoisotopic (exact) mass is 285 g/mol. The Morgan fingerprint density at radius 1 is 1.35 bits per heavy atom. The van der Waals surface area contributed by atoms with Gasteiger partial charge >= 0.3 is 6.18 Å². The van der Waals surface area contributed by atoms with E-state index in [4.69, 9.17) is 5.11 Å². The molecule has 0 spiro atoms. The maximum atomic E-state index is 12.1. The molecule has 0 radical (unpaired) electrons. The van der Waals surface area contributed by atoms with Gasteiger partial charge in [0, 0.05) is 19.2 Å². The normalized spacial score (nSPS) is 10.7. The van der Waals surface area contributed by atoms with Crippen molar-refractivity contribution in [1.82, 2.24) is 4.90 Å². The predicted molar refractivity (Wildman–Crippen MR) is 68.0 cm³/mol. The van der Waals surface area contributed by atoms with Gasteiger partial charge in [-0.3, -0.25) is 4.79 Å². The minimum absolute atomic E-state index is 0.220. The molecule has 0 saturated heterocycles. The lowest BCUT2D eigenvalue weighted by atomic mass is 10.1. The summed E-state index contributed by atoms with van der Waals surface area (Å²) >= 11 is 0. The number of nitrogens with zero attached hydrogens (tertiary/aromatic N) is 1. The molecule has 0 aliphatic carbocycles. The Hall–Kier alpha value is -2.00. The van der Waals surface area contributed by atoms with Crippen molar-refractivity contribution in [2.45, 2.75) is 12.6 Å². The summed E-state index contributed by atoms with van der Waals surface area (Å²) in [6.45, 7) is -0.767. The fourth-order valence-corrected chi connectivity index (χ4v) is 1.52. The standard InChI is InChI=1S/C14H14F3NO2/c1-18(9-8-14(15,16)17)13(20)12-7-3-2-5-11(12)6-4-10-19/h2-3,5,7,19H,8-10H2,1H3. The molecular weight excluding hydrogens is 271 g/mol. The van der Waals surface area contributed by atoms with Gasteiger partial charge in [0.1, 0.15) is 6.61 Å². The number of aliphatic hydroxyl groups excluding tert-OH is 1. The van der Waals surface area contributed by atoms with Gasteiger partial charge in [0.2, 0.25) is 0 Å². The SMILES string of the molecule is CN(CCC(F)(F)F)C(=O)c1ccccc1C#CCO. The lowest BCUT2D eigenvalue weighted by Gasteiger charge is -2.18. The van der Waals surface area contributed by atoms with Crippen molar-refractivity contribution in [2.75, 3.05) is 20.2 Å². The molecule has 1 aromatic carbocycles. The zero-order valence-electron chi connectivity index (χ0n) is 10.9. The number of rotatable bonds is 3. The van der Waals surface area contributed by atoms with Gasteiger partial charge in [0.25, 0.3) is 5.91 Å². The molecule has 0 heterocycles. The molecule has 0 aliphatic rings. The average Bonchev–Trinajstić information content (AvgIpc) is 2.41. The molecular formula is C14H14F3NO2. The Morgan fingerprint density at radius 3 is 2.60 bits per heavy atom. The lowest BCUT2D eigenvalue weighted by molar-refractivity contribution is -0.136. The summed E-state index contributed by atoms with van der Waals surface area (Å²) in [4.78, 5) is 13.1. The Morgan fingerprint density at radius 2 is 2.00 bits per heavy atom. The number of amides is 1. The number of hydrogen-bond donors (Lipinski definition) is 1. The van der Waals surface area contributed by atoms with Crippen molar-refractivity contribution < 1.29 is 23.1 Å². The molecule has 1 amide bonds. The smallest absolute Gasteiger partial charge is 0.384 e. The summed E-state index contributed by atoms with van der Waals surface area (Å²) in [6.07, 6.45) is -5.36. The highest BCUT2D eigenvalue weighted by atomic mass is 19.4. The first-order valence-electron chi connectivity index (χ1n) is 5.86. The van der Waals surface area contributed by atoms with Crippen LogP contribution in [-0.4, -0.2) is 42.3 Å². The maximum absolute atomic E-state index is 12.1. The highest BCUT2D eigenvalue weighted by Gasteiger charge is 2.28. The van der Waals surface area contributed by atoms with Crippen LogP contribution >= 0.6 is 0 Å². The third-order valence-corrected chi connectivity index (χ3v) is 2.54. The van der Waals surface area contributed by atoms with Gasteiger partial charge in [-0.1, -0.05) is 24.0 Å². The van der Waals surface area contributed by atoms with Gasteiger partial charge in [0.05, 0.1) is 12.0 Å². The van der Waals surface area contributed by atoms with Crippen LogP contribution < -0.4 is 0 Å². The third kappa shape index (κ3) is 4.94. The van der Waals surface area contributed by atoms with E-state index in [0.29, 0.717) is 5.56 Å². The van der Waals surface area contributed by atoms with Crippen LogP contribution in [0.2, 0.25) is 0 Å². The first kappa shape index (κ1) is 16.1. The topological polar surface area (TPSA) is 40.5 Å². The van der Waals surface area contributed by atoms with Gasteiger partial charge in [-0.05, 0) is 12.1 Å². The van der Waals surface area contributed by atoms with Crippen molar-refractivity contribution in [3.05, 3.63) is 35.4 Å². The molecule has 108 valence electrons. The van der Waals surface area contributed by atoms with Gasteiger partial charge < -0.3 is 10.0 Å². The Balaban J connectivity index is 2.86. The van der Waals surface area contributed by atoms with Gasteiger partial charge in [-0.25, -0.2) is 0 Å². The fraction of sp³-hybridized carbons (Fsp3) is 0.357. The molecule has 1 aromatic rings. The van der Waals surface area contributed by atoms with E-state index < -0.39 is 25.0 Å². The zero-order valence-corrected chi connectivity index (χ0v) is 10.9. The molecule has 0 aliphatic heterocycles. The van der Waals surface area contributed by atoms with Crippen LogP contribution in [0.5, 0.6) is 0 Å². The molecule has 0 aromatic heterocycles. The molecule has 20 heavy (non-hydrogen) atoms. The summed E-state index contributed by atoms with van der Waals surface area (Å²) in [7, 11) is 1.31. The van der Waals surface area contributed by atoms with E-state index in [1.165, 1.54) is 13.1 Å². The number of hydrogen-bond acceptors (Lipinski definition) is 2. The van der Waals surface area contributed by atoms with E-state index in [0.717, 1.165) is 4.90 Å². The highest BCUT2D eigenvalue weighted by Crippen LogP contribution is 2.20. The van der Waals surface area contributed by atoms with Crippen LogP contribution in [0, 0.1) is 11.8 Å². The van der Waals surface area contributed by atoms with Crippen LogP contribution in [0.25, 0.3) is 0 Å². The largest absolute Gasteiger partial charge is 0.390 e. The third-order valence-electron chi connectivity index (χ3n) is 2.54. The molecule has 0 unspecified atom stereocenters. The van der Waals surface area contributed by atoms with Crippen molar-refractivity contribution >= 4 is 5.91 Å². The van der Waals surface area contributed by atoms with Crippen molar-refractivity contribution in [3.63, 3.8) is 0 Å². The number of carbonyl (C=O) groups is 1. The number of benzene rings is 1. The Labute approximate surface area is 115 Å². The van der Waals surface area contributed by atoms with E-state index in [1.54, 1.807) is 18.2 Å². The molecule has 0 saturated carbocycles. The van der Waals surface area contributed by atoms with Gasteiger partial charge in [0.15, 0.2) is 0 Å². The van der Waals surface area contributed by atoms with Gasteiger partial charge in [-0.2, -0.15) is 13.2 Å². The van der Waals surface area contributed by atoms with E-state index >= 15 is 0 Å². The van der Waals surface area contributed by atoms with Crippen LogP contribution in [0.3, 0.4) is 0 Å². The Bertz CT molecular complexity index is 529. The summed E-state index contributed by atoms with van der Waals surface area (Å²) in [6, 6.07) is 6.34. The second kappa shape index (κ2) is 6.96. The second-order valence-electron chi connectivity index (χ2n) is 4.10. The van der Waals surface area contributed by atoms with Crippen molar-refractivity contribution in [3.8, 4) is 11.8 Å². The molecule has 1 N–H and O–H groups in total. The second-order valence-corrected chi connectivity index (χ2v) is 4.10. The summed E-state index contributed by atoms with van der Waals surface area (Å²) in [5.41, 5.74) is 0.600. The Kier molecular flexibility index (Phi) is 5.59. The fourth-order valence-electron chi connectivity index (χ4n) is 1.52.